The Morgan fingerprint density at radius 1 is 1.28 bits per heavy atom. The third-order valence-corrected chi connectivity index (χ3v) is 3.71. The maximum atomic E-state index is 6.09. The molecule has 3 unspecified atom stereocenters. The van der Waals surface area contributed by atoms with Crippen molar-refractivity contribution in [3.05, 3.63) is 22.7 Å². The smallest absolute Gasteiger partial charge is 0.137 e. The third kappa shape index (κ3) is 2.73. The van der Waals surface area contributed by atoms with Gasteiger partial charge in [-0.3, -0.25) is 0 Å². The largest absolute Gasteiger partial charge is 0.496 e. The van der Waals surface area contributed by atoms with Gasteiger partial charge in [-0.2, -0.15) is 0 Å². The zero-order valence-corrected chi connectivity index (χ0v) is 12.0. The predicted molar refractivity (Wildman–Crippen MR) is 71.8 cm³/mol. The first-order chi connectivity index (χ1) is 8.56. The van der Waals surface area contributed by atoms with E-state index in [2.05, 4.69) is 13.8 Å². The van der Waals surface area contributed by atoms with E-state index in [9.17, 15) is 0 Å². The normalized spacial score (nSPS) is 23.6. The van der Waals surface area contributed by atoms with E-state index in [1.807, 2.05) is 6.07 Å². The van der Waals surface area contributed by atoms with Crippen LogP contribution >= 0.6 is 11.6 Å². The van der Waals surface area contributed by atoms with Gasteiger partial charge in [0.25, 0.3) is 0 Å². The fourth-order valence-electron chi connectivity index (χ4n) is 2.35. The fraction of sp³-hybridized carbons (Fsp3) is 0.571. The van der Waals surface area contributed by atoms with E-state index in [-0.39, 0.29) is 0 Å². The van der Waals surface area contributed by atoms with Crippen LogP contribution < -0.4 is 9.47 Å². The third-order valence-electron chi connectivity index (χ3n) is 3.42. The minimum atomic E-state index is 0.358. The summed E-state index contributed by atoms with van der Waals surface area (Å²) >= 11 is 6.09. The summed E-state index contributed by atoms with van der Waals surface area (Å²) in [7, 11) is 3.27. The molecule has 0 spiro atoms. The van der Waals surface area contributed by atoms with Gasteiger partial charge >= 0.3 is 0 Å². The first-order valence-corrected chi connectivity index (χ1v) is 6.50. The lowest BCUT2D eigenvalue weighted by atomic mass is 9.96. The number of hydrogen-bond acceptors (Lipinski definition) is 3. The van der Waals surface area contributed by atoms with E-state index < -0.39 is 0 Å². The van der Waals surface area contributed by atoms with E-state index in [0.29, 0.717) is 28.9 Å². The van der Waals surface area contributed by atoms with E-state index in [1.54, 1.807) is 20.3 Å². The fourth-order valence-corrected chi connectivity index (χ4v) is 2.58. The molecule has 4 heteroatoms. The first-order valence-electron chi connectivity index (χ1n) is 6.12. The zero-order valence-electron chi connectivity index (χ0n) is 11.2. The molecule has 1 aliphatic rings. The van der Waals surface area contributed by atoms with Crippen molar-refractivity contribution in [1.29, 1.82) is 0 Å². The van der Waals surface area contributed by atoms with Gasteiger partial charge in [-0.25, -0.2) is 0 Å². The van der Waals surface area contributed by atoms with Crippen molar-refractivity contribution < 1.29 is 14.2 Å². The van der Waals surface area contributed by atoms with E-state index in [1.165, 1.54) is 0 Å². The van der Waals surface area contributed by atoms with Crippen LogP contribution in [0, 0.1) is 5.92 Å². The van der Waals surface area contributed by atoms with Crippen LogP contribution in [0.2, 0.25) is 5.02 Å². The zero-order chi connectivity index (χ0) is 13.3. The molecule has 1 heterocycles. The monoisotopic (exact) mass is 270 g/mol. The summed E-state index contributed by atoms with van der Waals surface area (Å²) in [4.78, 5) is 0. The van der Waals surface area contributed by atoms with Gasteiger partial charge in [-0.15, -0.1) is 0 Å². The summed E-state index contributed by atoms with van der Waals surface area (Å²) in [5.41, 5.74) is 1.11. The van der Waals surface area contributed by atoms with Crippen molar-refractivity contribution in [1.82, 2.24) is 0 Å². The summed E-state index contributed by atoms with van der Waals surface area (Å²) in [6.07, 6.45) is 1.63. The molecule has 100 valence electrons. The second kappa shape index (κ2) is 5.37. The van der Waals surface area contributed by atoms with Crippen molar-refractivity contribution in [2.75, 3.05) is 14.2 Å². The summed E-state index contributed by atoms with van der Waals surface area (Å²) < 4.78 is 16.1. The molecule has 0 amide bonds. The second-order valence-corrected chi connectivity index (χ2v) is 5.19. The lowest BCUT2D eigenvalue weighted by molar-refractivity contribution is 0.325. The molecule has 1 aliphatic heterocycles. The topological polar surface area (TPSA) is 31.0 Å². The predicted octanol–water partition coefficient (Wildman–Crippen LogP) is 3.32. The van der Waals surface area contributed by atoms with Crippen molar-refractivity contribution in [3.63, 3.8) is 0 Å². The molecule has 3 nitrogen and oxygen atoms in total. The Kier molecular flexibility index (Phi) is 4.03. The summed E-state index contributed by atoms with van der Waals surface area (Å²) in [6.45, 7) is 4.29. The summed E-state index contributed by atoms with van der Waals surface area (Å²) in [5.74, 6) is 1.95. The number of epoxide rings is 1. The van der Waals surface area contributed by atoms with Gasteiger partial charge in [-0.1, -0.05) is 18.5 Å². The van der Waals surface area contributed by atoms with Crippen LogP contribution in [-0.2, 0) is 11.2 Å². The minimum absolute atomic E-state index is 0.358. The molecule has 2 rings (SSSR count). The summed E-state index contributed by atoms with van der Waals surface area (Å²) in [6, 6.07) is 3.75. The van der Waals surface area contributed by atoms with Crippen LogP contribution in [0.1, 0.15) is 19.4 Å². The molecule has 0 saturated carbocycles. The SMILES string of the molecule is COc1cc(CC(C)C2OC2C)c(OC)cc1Cl. The number of halogens is 1. The average Bonchev–Trinajstić information content (AvgIpc) is 3.08. The highest BCUT2D eigenvalue weighted by Gasteiger charge is 2.39. The Morgan fingerprint density at radius 3 is 2.39 bits per heavy atom. The lowest BCUT2D eigenvalue weighted by Gasteiger charge is -2.14. The average molecular weight is 271 g/mol. The maximum absolute atomic E-state index is 6.09. The molecule has 18 heavy (non-hydrogen) atoms. The van der Waals surface area contributed by atoms with Crippen LogP contribution in [0.5, 0.6) is 11.5 Å². The molecule has 0 bridgehead atoms. The Hall–Kier alpha value is -0.930. The molecular weight excluding hydrogens is 252 g/mol. The Morgan fingerprint density at radius 2 is 1.89 bits per heavy atom. The molecule has 0 radical (unpaired) electrons. The number of rotatable bonds is 5. The van der Waals surface area contributed by atoms with Crippen molar-refractivity contribution in [3.8, 4) is 11.5 Å². The van der Waals surface area contributed by atoms with Crippen molar-refractivity contribution in [2.24, 2.45) is 5.92 Å². The lowest BCUT2D eigenvalue weighted by Crippen LogP contribution is -2.10. The van der Waals surface area contributed by atoms with Crippen LogP contribution in [-0.4, -0.2) is 26.4 Å². The van der Waals surface area contributed by atoms with Gasteiger partial charge in [0.2, 0.25) is 0 Å². The Labute approximate surface area is 113 Å². The molecule has 1 aromatic rings. The van der Waals surface area contributed by atoms with E-state index >= 15 is 0 Å². The number of hydrogen-bond donors (Lipinski definition) is 0. The molecular formula is C14H19ClO3. The quantitative estimate of drug-likeness (QED) is 0.769. The standard InChI is InChI=1S/C14H19ClO3/c1-8(14-9(2)18-14)5-10-6-13(17-4)11(15)7-12(10)16-3/h6-9,14H,5H2,1-4H3. The molecule has 0 aliphatic carbocycles. The molecule has 1 aromatic carbocycles. The van der Waals surface area contributed by atoms with Gasteiger partial charge in [-0.05, 0) is 30.9 Å². The van der Waals surface area contributed by atoms with Gasteiger partial charge in [0.15, 0.2) is 0 Å². The maximum Gasteiger partial charge on any atom is 0.137 e. The Balaban J connectivity index is 2.19. The van der Waals surface area contributed by atoms with E-state index in [0.717, 1.165) is 17.7 Å². The van der Waals surface area contributed by atoms with Crippen LogP contribution in [0.25, 0.3) is 0 Å². The van der Waals surface area contributed by atoms with Crippen molar-refractivity contribution in [2.45, 2.75) is 32.5 Å². The first kappa shape index (κ1) is 13.5. The molecule has 1 fully saturated rings. The molecule has 1 saturated heterocycles. The molecule has 0 N–H and O–H groups in total. The minimum Gasteiger partial charge on any atom is -0.496 e. The highest BCUT2D eigenvalue weighted by atomic mass is 35.5. The number of ether oxygens (including phenoxy) is 3. The van der Waals surface area contributed by atoms with Gasteiger partial charge < -0.3 is 14.2 Å². The summed E-state index contributed by atoms with van der Waals surface area (Å²) in [5, 5.41) is 0.571. The van der Waals surface area contributed by atoms with Gasteiger partial charge in [0.05, 0.1) is 31.5 Å². The van der Waals surface area contributed by atoms with E-state index in [4.69, 9.17) is 25.8 Å². The van der Waals surface area contributed by atoms with Crippen LogP contribution in [0.15, 0.2) is 12.1 Å². The Bertz CT molecular complexity index is 433. The van der Waals surface area contributed by atoms with Gasteiger partial charge in [0, 0.05) is 6.07 Å². The van der Waals surface area contributed by atoms with Gasteiger partial charge in [0.1, 0.15) is 11.5 Å². The highest BCUT2D eigenvalue weighted by Crippen LogP contribution is 2.37. The van der Waals surface area contributed by atoms with Crippen LogP contribution in [0.4, 0.5) is 0 Å². The van der Waals surface area contributed by atoms with Crippen LogP contribution in [0.3, 0.4) is 0 Å². The highest BCUT2D eigenvalue weighted by molar-refractivity contribution is 6.32. The number of benzene rings is 1. The molecule has 0 aromatic heterocycles. The second-order valence-electron chi connectivity index (χ2n) is 4.79. The molecule has 3 atom stereocenters. The van der Waals surface area contributed by atoms with Crippen molar-refractivity contribution >= 4 is 11.6 Å². The number of methoxy groups -OCH3 is 2.